The van der Waals surface area contributed by atoms with Crippen LogP contribution in [-0.4, -0.2) is 68.2 Å². The molecule has 1 aliphatic rings. The Morgan fingerprint density at radius 2 is 1.82 bits per heavy atom. The second kappa shape index (κ2) is 8.99. The van der Waals surface area contributed by atoms with Crippen LogP contribution in [-0.2, 0) is 11.2 Å². The number of nitrogens with zero attached hydrogens (tertiary/aromatic N) is 2. The summed E-state index contributed by atoms with van der Waals surface area (Å²) in [5.41, 5.74) is 2.13. The number of likely N-dealkylation sites (tertiary alicyclic amines) is 1. The molecule has 0 spiro atoms. The maximum absolute atomic E-state index is 11.5. The molecule has 0 aromatic heterocycles. The van der Waals surface area contributed by atoms with Gasteiger partial charge in [-0.1, -0.05) is 12.1 Å². The minimum Gasteiger partial charge on any atom is -0.465 e. The first-order valence-electron chi connectivity index (χ1n) is 9.40. The lowest BCUT2D eigenvalue weighted by atomic mass is 9.92. The van der Waals surface area contributed by atoms with Gasteiger partial charge < -0.3 is 14.7 Å². The van der Waals surface area contributed by atoms with Crippen molar-refractivity contribution in [1.29, 1.82) is 0 Å². The molecule has 0 saturated carbocycles. The van der Waals surface area contributed by atoms with Gasteiger partial charge in [-0.3, -0.25) is 4.90 Å². The van der Waals surface area contributed by atoms with Crippen molar-refractivity contribution in [2.75, 3.05) is 51.5 Å². The fraction of sp³-hybridized carbons (Fsp3) is 0.409. The largest absolute Gasteiger partial charge is 0.465 e. The molecule has 6 heteroatoms. The van der Waals surface area contributed by atoms with Crippen LogP contribution in [0.15, 0.2) is 53.4 Å². The number of carbonyl (C=O) groups is 1. The quantitative estimate of drug-likeness (QED) is 0.543. The van der Waals surface area contributed by atoms with Crippen LogP contribution < -0.4 is 4.90 Å². The summed E-state index contributed by atoms with van der Waals surface area (Å²) in [5, 5.41) is 10.8. The van der Waals surface area contributed by atoms with Gasteiger partial charge in [-0.25, -0.2) is 4.79 Å². The van der Waals surface area contributed by atoms with Crippen molar-refractivity contribution in [3.63, 3.8) is 0 Å². The minimum absolute atomic E-state index is 0.342. The SMILES string of the molecule is COC(=O)c1ccc(N(C)CC2(O)CN(CCc3ccc(SC)cc3)C2)cc1. The number of hydrogen-bond donors (Lipinski definition) is 1. The zero-order valence-corrected chi connectivity index (χ0v) is 17.5. The summed E-state index contributed by atoms with van der Waals surface area (Å²) < 4.78 is 4.72. The molecule has 2 aromatic carbocycles. The van der Waals surface area contributed by atoms with Crippen molar-refractivity contribution in [2.45, 2.75) is 16.9 Å². The molecule has 1 heterocycles. The van der Waals surface area contributed by atoms with E-state index in [0.29, 0.717) is 25.2 Å². The first-order chi connectivity index (χ1) is 13.4. The van der Waals surface area contributed by atoms with Gasteiger partial charge >= 0.3 is 5.97 Å². The zero-order chi connectivity index (χ0) is 20.1. The predicted molar refractivity (Wildman–Crippen MR) is 114 cm³/mol. The van der Waals surface area contributed by atoms with E-state index in [1.54, 1.807) is 23.9 Å². The van der Waals surface area contributed by atoms with E-state index in [2.05, 4.69) is 35.4 Å². The molecule has 0 amide bonds. The average molecular weight is 401 g/mol. The van der Waals surface area contributed by atoms with Gasteiger partial charge in [0, 0.05) is 43.8 Å². The number of hydrogen-bond acceptors (Lipinski definition) is 6. The summed E-state index contributed by atoms with van der Waals surface area (Å²) in [6, 6.07) is 15.9. The van der Waals surface area contributed by atoms with Crippen LogP contribution in [0.2, 0.25) is 0 Å². The zero-order valence-electron chi connectivity index (χ0n) is 16.7. The summed E-state index contributed by atoms with van der Waals surface area (Å²) in [7, 11) is 3.33. The maximum atomic E-state index is 11.5. The van der Waals surface area contributed by atoms with E-state index in [4.69, 9.17) is 4.74 Å². The molecule has 0 aliphatic carbocycles. The number of esters is 1. The first-order valence-corrected chi connectivity index (χ1v) is 10.6. The van der Waals surface area contributed by atoms with Crippen LogP contribution in [0.25, 0.3) is 0 Å². The van der Waals surface area contributed by atoms with Gasteiger partial charge in [-0.2, -0.15) is 0 Å². The highest BCUT2D eigenvalue weighted by Gasteiger charge is 2.41. The second-order valence-electron chi connectivity index (χ2n) is 7.43. The molecule has 28 heavy (non-hydrogen) atoms. The average Bonchev–Trinajstić information content (AvgIpc) is 2.70. The number of β-amino-alcohol motifs (C(OH)–C–C–N with tert-alkyl or cyclic N) is 1. The predicted octanol–water partition coefficient (Wildman–Crippen LogP) is 2.92. The Balaban J connectivity index is 1.46. The number of ether oxygens (including phenoxy) is 1. The third kappa shape index (κ3) is 5.07. The molecular weight excluding hydrogens is 372 g/mol. The molecule has 0 unspecified atom stereocenters. The number of carbonyl (C=O) groups excluding carboxylic acids is 1. The molecular formula is C22H28N2O3S. The minimum atomic E-state index is -0.696. The summed E-state index contributed by atoms with van der Waals surface area (Å²) in [5.74, 6) is -0.342. The Kier molecular flexibility index (Phi) is 6.65. The monoisotopic (exact) mass is 400 g/mol. The Labute approximate surface area is 171 Å². The molecule has 1 fully saturated rings. The Hall–Kier alpha value is -2.02. The molecule has 0 atom stereocenters. The molecule has 1 N–H and O–H groups in total. The molecule has 5 nitrogen and oxygen atoms in total. The van der Waals surface area contributed by atoms with Crippen molar-refractivity contribution < 1.29 is 14.6 Å². The molecule has 1 aliphatic heterocycles. The van der Waals surface area contributed by atoms with Crippen LogP contribution in [0.4, 0.5) is 5.69 Å². The lowest BCUT2D eigenvalue weighted by Gasteiger charge is -2.48. The van der Waals surface area contributed by atoms with Crippen molar-refractivity contribution in [1.82, 2.24) is 4.90 Å². The molecule has 1 saturated heterocycles. The lowest BCUT2D eigenvalue weighted by Crippen LogP contribution is -2.66. The Morgan fingerprint density at radius 3 is 2.39 bits per heavy atom. The summed E-state index contributed by atoms with van der Waals surface area (Å²) in [6.07, 6.45) is 3.08. The molecule has 0 radical (unpaired) electrons. The van der Waals surface area contributed by atoms with E-state index in [0.717, 1.165) is 18.7 Å². The van der Waals surface area contributed by atoms with Gasteiger partial charge in [0.05, 0.1) is 12.7 Å². The number of rotatable bonds is 8. The fourth-order valence-electron chi connectivity index (χ4n) is 3.63. The normalized spacial score (nSPS) is 15.7. The number of aliphatic hydroxyl groups is 1. The maximum Gasteiger partial charge on any atom is 0.337 e. The number of likely N-dealkylation sites (N-methyl/N-ethyl adjacent to an activating group) is 1. The highest BCUT2D eigenvalue weighted by molar-refractivity contribution is 7.98. The number of anilines is 1. The first kappa shape index (κ1) is 20.7. The number of methoxy groups -OCH3 is 1. The Bertz CT molecular complexity index is 786. The summed E-state index contributed by atoms with van der Waals surface area (Å²) >= 11 is 1.75. The van der Waals surface area contributed by atoms with E-state index in [9.17, 15) is 9.90 Å². The highest BCUT2D eigenvalue weighted by atomic mass is 32.2. The topological polar surface area (TPSA) is 53.0 Å². The van der Waals surface area contributed by atoms with Crippen molar-refractivity contribution >= 4 is 23.4 Å². The van der Waals surface area contributed by atoms with Crippen LogP contribution in [0.5, 0.6) is 0 Å². The van der Waals surface area contributed by atoms with Crippen molar-refractivity contribution in [3.05, 3.63) is 59.7 Å². The Morgan fingerprint density at radius 1 is 1.18 bits per heavy atom. The van der Waals surface area contributed by atoms with Gasteiger partial charge in [-0.15, -0.1) is 11.8 Å². The van der Waals surface area contributed by atoms with Gasteiger partial charge in [0.1, 0.15) is 5.60 Å². The van der Waals surface area contributed by atoms with Gasteiger partial charge in [-0.05, 0) is 54.6 Å². The van der Waals surface area contributed by atoms with Crippen LogP contribution in [0.1, 0.15) is 15.9 Å². The number of benzene rings is 2. The smallest absolute Gasteiger partial charge is 0.337 e. The fourth-order valence-corrected chi connectivity index (χ4v) is 4.03. The highest BCUT2D eigenvalue weighted by Crippen LogP contribution is 2.25. The number of thioether (sulfide) groups is 1. The van der Waals surface area contributed by atoms with E-state index >= 15 is 0 Å². The lowest BCUT2D eigenvalue weighted by molar-refractivity contribution is -0.0896. The van der Waals surface area contributed by atoms with Gasteiger partial charge in [0.25, 0.3) is 0 Å². The molecule has 150 valence electrons. The van der Waals surface area contributed by atoms with Gasteiger partial charge in [0.2, 0.25) is 0 Å². The molecule has 0 bridgehead atoms. The third-order valence-electron chi connectivity index (χ3n) is 5.17. The summed E-state index contributed by atoms with van der Waals surface area (Å²) in [4.78, 5) is 17.1. The van der Waals surface area contributed by atoms with Gasteiger partial charge in [0.15, 0.2) is 0 Å². The van der Waals surface area contributed by atoms with Crippen molar-refractivity contribution in [2.24, 2.45) is 0 Å². The third-order valence-corrected chi connectivity index (χ3v) is 5.92. The summed E-state index contributed by atoms with van der Waals surface area (Å²) in [6.45, 7) is 2.88. The second-order valence-corrected chi connectivity index (χ2v) is 8.31. The van der Waals surface area contributed by atoms with Crippen LogP contribution in [0.3, 0.4) is 0 Å². The van der Waals surface area contributed by atoms with E-state index in [1.807, 2.05) is 24.1 Å². The molecule has 2 aromatic rings. The van der Waals surface area contributed by atoms with Crippen molar-refractivity contribution in [3.8, 4) is 0 Å². The van der Waals surface area contributed by atoms with E-state index in [1.165, 1.54) is 17.6 Å². The van der Waals surface area contributed by atoms with E-state index < -0.39 is 5.60 Å². The van der Waals surface area contributed by atoms with Crippen LogP contribution >= 0.6 is 11.8 Å². The van der Waals surface area contributed by atoms with Crippen LogP contribution in [0, 0.1) is 0 Å². The standard InChI is InChI=1S/C22H28N2O3S/c1-23(19-8-6-18(7-9-19)21(25)27-2)14-22(26)15-24(16-22)13-12-17-4-10-20(28-3)11-5-17/h4-11,26H,12-16H2,1-3H3. The molecule has 3 rings (SSSR count). The van der Waals surface area contributed by atoms with E-state index in [-0.39, 0.29) is 5.97 Å².